The molecule has 0 aromatic heterocycles. The van der Waals surface area contributed by atoms with E-state index in [0.717, 1.165) is 11.8 Å². The lowest BCUT2D eigenvalue weighted by Gasteiger charge is -2.30. The summed E-state index contributed by atoms with van der Waals surface area (Å²) in [6, 6.07) is 0. The van der Waals surface area contributed by atoms with Gasteiger partial charge in [-0.05, 0) is 57.2 Å². The lowest BCUT2D eigenvalue weighted by atomic mass is 9.97. The summed E-state index contributed by atoms with van der Waals surface area (Å²) in [6.07, 6.45) is 8.72. The van der Waals surface area contributed by atoms with Crippen LogP contribution in [0.3, 0.4) is 0 Å². The summed E-state index contributed by atoms with van der Waals surface area (Å²) < 4.78 is 0. The number of rotatable bonds is 5. The van der Waals surface area contributed by atoms with Crippen molar-refractivity contribution in [2.75, 3.05) is 32.7 Å². The summed E-state index contributed by atoms with van der Waals surface area (Å²) >= 11 is 0. The van der Waals surface area contributed by atoms with Crippen molar-refractivity contribution in [2.45, 2.75) is 45.4 Å². The van der Waals surface area contributed by atoms with Crippen molar-refractivity contribution in [2.24, 2.45) is 11.8 Å². The zero-order valence-corrected chi connectivity index (χ0v) is 10.9. The van der Waals surface area contributed by atoms with Crippen molar-refractivity contribution in [3.05, 3.63) is 0 Å². The maximum Gasteiger partial charge on any atom is 0.00106 e. The van der Waals surface area contributed by atoms with Gasteiger partial charge in [-0.15, -0.1) is 0 Å². The molecule has 1 aliphatic carbocycles. The topological polar surface area (TPSA) is 15.3 Å². The Hall–Kier alpha value is -0.0800. The third-order valence-corrected chi connectivity index (χ3v) is 4.41. The van der Waals surface area contributed by atoms with E-state index in [1.54, 1.807) is 0 Å². The van der Waals surface area contributed by atoms with Gasteiger partial charge in [-0.25, -0.2) is 0 Å². The van der Waals surface area contributed by atoms with Crippen LogP contribution >= 0.6 is 0 Å². The first-order valence-corrected chi connectivity index (χ1v) is 7.31. The van der Waals surface area contributed by atoms with Gasteiger partial charge in [0.15, 0.2) is 0 Å². The zero-order valence-electron chi connectivity index (χ0n) is 10.9. The molecule has 0 amide bonds. The third kappa shape index (κ3) is 3.74. The van der Waals surface area contributed by atoms with Crippen LogP contribution in [0.25, 0.3) is 0 Å². The predicted octanol–water partition coefficient (Wildman–Crippen LogP) is 2.50. The molecule has 2 nitrogen and oxygen atoms in total. The molecule has 0 spiro atoms. The molecule has 0 atom stereocenters. The average Bonchev–Trinajstić information content (AvgIpc) is 2.82. The van der Waals surface area contributed by atoms with Gasteiger partial charge in [0.2, 0.25) is 0 Å². The fourth-order valence-corrected chi connectivity index (χ4v) is 3.32. The van der Waals surface area contributed by atoms with Gasteiger partial charge in [-0.2, -0.15) is 0 Å². The highest BCUT2D eigenvalue weighted by Crippen LogP contribution is 2.26. The first-order chi connectivity index (χ1) is 7.88. The van der Waals surface area contributed by atoms with E-state index in [1.165, 1.54) is 71.2 Å². The molecule has 0 aromatic rings. The standard InChI is InChI=1S/C14H28N2/c1-2-16(11-13-5-3-4-6-13)12-14-7-9-15-10-8-14/h13-15H,2-12H2,1H3. The van der Waals surface area contributed by atoms with E-state index in [0.29, 0.717) is 0 Å². The normalized spacial score (nSPS) is 24.4. The van der Waals surface area contributed by atoms with Crippen LogP contribution in [0.1, 0.15) is 45.4 Å². The molecular weight excluding hydrogens is 196 g/mol. The lowest BCUT2D eigenvalue weighted by molar-refractivity contribution is 0.188. The van der Waals surface area contributed by atoms with Crippen LogP contribution in [0.2, 0.25) is 0 Å². The Labute approximate surface area is 101 Å². The van der Waals surface area contributed by atoms with Gasteiger partial charge < -0.3 is 10.2 Å². The van der Waals surface area contributed by atoms with Crippen molar-refractivity contribution < 1.29 is 0 Å². The van der Waals surface area contributed by atoms with Crippen molar-refractivity contribution >= 4 is 0 Å². The summed E-state index contributed by atoms with van der Waals surface area (Å²) in [5.41, 5.74) is 0. The Bertz CT molecular complexity index is 181. The third-order valence-electron chi connectivity index (χ3n) is 4.41. The lowest BCUT2D eigenvalue weighted by Crippen LogP contribution is -2.38. The number of nitrogens with zero attached hydrogens (tertiary/aromatic N) is 1. The monoisotopic (exact) mass is 224 g/mol. The maximum absolute atomic E-state index is 3.46. The Morgan fingerprint density at radius 3 is 2.06 bits per heavy atom. The highest BCUT2D eigenvalue weighted by atomic mass is 15.1. The molecule has 0 unspecified atom stereocenters. The van der Waals surface area contributed by atoms with Crippen molar-refractivity contribution in [1.29, 1.82) is 0 Å². The minimum atomic E-state index is 0.961. The minimum Gasteiger partial charge on any atom is -0.317 e. The Morgan fingerprint density at radius 1 is 0.938 bits per heavy atom. The second-order valence-corrected chi connectivity index (χ2v) is 5.70. The van der Waals surface area contributed by atoms with E-state index < -0.39 is 0 Å². The smallest absolute Gasteiger partial charge is 0.00106 e. The Morgan fingerprint density at radius 2 is 1.50 bits per heavy atom. The first kappa shape index (κ1) is 12.4. The van der Waals surface area contributed by atoms with E-state index in [4.69, 9.17) is 0 Å². The highest BCUT2D eigenvalue weighted by molar-refractivity contribution is 4.75. The molecule has 0 bridgehead atoms. The molecule has 2 heteroatoms. The van der Waals surface area contributed by atoms with E-state index in [9.17, 15) is 0 Å². The fraction of sp³-hybridized carbons (Fsp3) is 1.00. The quantitative estimate of drug-likeness (QED) is 0.772. The molecule has 1 N–H and O–H groups in total. The summed E-state index contributed by atoms with van der Waals surface area (Å²) in [5, 5.41) is 3.46. The van der Waals surface area contributed by atoms with E-state index in [-0.39, 0.29) is 0 Å². The molecule has 1 aliphatic heterocycles. The van der Waals surface area contributed by atoms with Gasteiger partial charge >= 0.3 is 0 Å². The number of nitrogens with one attached hydrogen (secondary N) is 1. The summed E-state index contributed by atoms with van der Waals surface area (Å²) in [5.74, 6) is 1.98. The van der Waals surface area contributed by atoms with Crippen molar-refractivity contribution in [3.63, 3.8) is 0 Å². The average molecular weight is 224 g/mol. The molecule has 94 valence electrons. The SMILES string of the molecule is CCN(CC1CCCC1)CC1CCNCC1. The van der Waals surface area contributed by atoms with Crippen LogP contribution < -0.4 is 5.32 Å². The van der Waals surface area contributed by atoms with Crippen LogP contribution in [0.15, 0.2) is 0 Å². The summed E-state index contributed by atoms with van der Waals surface area (Å²) in [7, 11) is 0. The van der Waals surface area contributed by atoms with E-state index in [2.05, 4.69) is 17.1 Å². The fourth-order valence-electron chi connectivity index (χ4n) is 3.32. The highest BCUT2D eigenvalue weighted by Gasteiger charge is 2.21. The molecule has 1 saturated heterocycles. The van der Waals surface area contributed by atoms with Crippen LogP contribution in [0, 0.1) is 11.8 Å². The molecule has 2 aliphatic rings. The summed E-state index contributed by atoms with van der Waals surface area (Å²) in [6.45, 7) is 8.79. The Kier molecular flexibility index (Phi) is 5.11. The largest absolute Gasteiger partial charge is 0.317 e. The van der Waals surface area contributed by atoms with Gasteiger partial charge in [-0.3, -0.25) is 0 Å². The molecular formula is C14H28N2. The second-order valence-electron chi connectivity index (χ2n) is 5.70. The van der Waals surface area contributed by atoms with Gasteiger partial charge in [0.1, 0.15) is 0 Å². The van der Waals surface area contributed by atoms with Gasteiger partial charge in [0.25, 0.3) is 0 Å². The van der Waals surface area contributed by atoms with Crippen molar-refractivity contribution in [1.82, 2.24) is 10.2 Å². The zero-order chi connectivity index (χ0) is 11.2. The van der Waals surface area contributed by atoms with Crippen LogP contribution in [0.4, 0.5) is 0 Å². The summed E-state index contributed by atoms with van der Waals surface area (Å²) in [4.78, 5) is 2.71. The second kappa shape index (κ2) is 6.61. The van der Waals surface area contributed by atoms with Gasteiger partial charge in [0.05, 0.1) is 0 Å². The number of piperidine rings is 1. The van der Waals surface area contributed by atoms with Gasteiger partial charge in [0, 0.05) is 13.1 Å². The maximum atomic E-state index is 3.46. The number of hydrogen-bond donors (Lipinski definition) is 1. The first-order valence-electron chi connectivity index (χ1n) is 7.31. The van der Waals surface area contributed by atoms with Crippen LogP contribution in [-0.2, 0) is 0 Å². The molecule has 1 saturated carbocycles. The predicted molar refractivity (Wildman–Crippen MR) is 69.7 cm³/mol. The Balaban J connectivity index is 1.70. The number of hydrogen-bond acceptors (Lipinski definition) is 2. The van der Waals surface area contributed by atoms with E-state index >= 15 is 0 Å². The molecule has 2 fully saturated rings. The molecule has 0 radical (unpaired) electrons. The van der Waals surface area contributed by atoms with Gasteiger partial charge in [-0.1, -0.05) is 19.8 Å². The molecule has 2 rings (SSSR count). The van der Waals surface area contributed by atoms with Crippen molar-refractivity contribution in [3.8, 4) is 0 Å². The molecule has 16 heavy (non-hydrogen) atoms. The van der Waals surface area contributed by atoms with Crippen LogP contribution in [-0.4, -0.2) is 37.6 Å². The van der Waals surface area contributed by atoms with E-state index in [1.807, 2.05) is 0 Å². The minimum absolute atomic E-state index is 0.961. The molecule has 0 aromatic carbocycles. The van der Waals surface area contributed by atoms with Crippen LogP contribution in [0.5, 0.6) is 0 Å². The molecule has 1 heterocycles.